The topological polar surface area (TPSA) is 65.1 Å². The molecule has 3 rings (SSSR count). The number of carbonyl (C=O) groups excluding carboxylic acids is 2. The van der Waals surface area contributed by atoms with Gasteiger partial charge in [0.25, 0.3) is 5.91 Å². The maximum atomic E-state index is 12.4. The second kappa shape index (κ2) is 10.2. The third kappa shape index (κ3) is 6.05. The molecule has 7 heteroatoms. The van der Waals surface area contributed by atoms with Gasteiger partial charge >= 0.3 is 0 Å². The number of amides is 2. The smallest absolute Gasteiger partial charge is 0.253 e. The largest absolute Gasteiger partial charge is 0.497 e. The Bertz CT molecular complexity index is 842. The molecule has 1 heterocycles. The van der Waals surface area contributed by atoms with Crippen LogP contribution in [0, 0.1) is 0 Å². The number of piperazine rings is 1. The minimum Gasteiger partial charge on any atom is -0.497 e. The highest BCUT2D eigenvalue weighted by atomic mass is 16.5. The molecule has 0 unspecified atom stereocenters. The molecule has 7 nitrogen and oxygen atoms in total. The van der Waals surface area contributed by atoms with Crippen LogP contribution in [0.25, 0.3) is 0 Å². The van der Waals surface area contributed by atoms with Crippen LogP contribution in [0.1, 0.15) is 15.9 Å². The van der Waals surface area contributed by atoms with Crippen LogP contribution in [-0.2, 0) is 11.3 Å². The summed E-state index contributed by atoms with van der Waals surface area (Å²) in [6.07, 6.45) is 0. The van der Waals surface area contributed by atoms with Gasteiger partial charge in [-0.2, -0.15) is 0 Å². The van der Waals surface area contributed by atoms with Gasteiger partial charge in [0.2, 0.25) is 5.91 Å². The first-order chi connectivity index (χ1) is 14.4. The number of anilines is 1. The standard InChI is InChI=1S/C23H30N4O3/c1-25(2)23(29)19-6-8-20(9-7-19)24-22(28)17-27-14-12-26(13-15-27)16-18-4-10-21(30-3)11-5-18/h4-11H,12-17H2,1-3H3,(H,24,28). The molecule has 0 bridgehead atoms. The van der Waals surface area contributed by atoms with E-state index in [-0.39, 0.29) is 11.8 Å². The van der Waals surface area contributed by atoms with Crippen molar-refractivity contribution in [2.75, 3.05) is 59.2 Å². The molecule has 0 aromatic heterocycles. The molecule has 30 heavy (non-hydrogen) atoms. The molecule has 0 saturated carbocycles. The van der Waals surface area contributed by atoms with Crippen molar-refractivity contribution in [2.24, 2.45) is 0 Å². The van der Waals surface area contributed by atoms with Gasteiger partial charge in [0.15, 0.2) is 0 Å². The summed E-state index contributed by atoms with van der Waals surface area (Å²) in [6, 6.07) is 15.2. The lowest BCUT2D eigenvalue weighted by Crippen LogP contribution is -2.48. The first kappa shape index (κ1) is 21.8. The fourth-order valence-electron chi connectivity index (χ4n) is 3.45. The highest BCUT2D eigenvalue weighted by Gasteiger charge is 2.19. The first-order valence-corrected chi connectivity index (χ1v) is 10.1. The minimum absolute atomic E-state index is 0.0368. The van der Waals surface area contributed by atoms with E-state index in [1.54, 1.807) is 45.5 Å². The van der Waals surface area contributed by atoms with E-state index in [1.807, 2.05) is 12.1 Å². The van der Waals surface area contributed by atoms with E-state index in [2.05, 4.69) is 27.2 Å². The summed E-state index contributed by atoms with van der Waals surface area (Å²) in [5.74, 6) is 0.777. The van der Waals surface area contributed by atoms with Gasteiger partial charge in [-0.15, -0.1) is 0 Å². The monoisotopic (exact) mass is 410 g/mol. The van der Waals surface area contributed by atoms with Gasteiger partial charge in [-0.1, -0.05) is 12.1 Å². The molecule has 0 atom stereocenters. The van der Waals surface area contributed by atoms with Crippen LogP contribution in [0.15, 0.2) is 48.5 Å². The van der Waals surface area contributed by atoms with E-state index in [4.69, 9.17) is 4.74 Å². The second-order valence-electron chi connectivity index (χ2n) is 7.73. The van der Waals surface area contributed by atoms with Gasteiger partial charge in [-0.05, 0) is 42.0 Å². The number of methoxy groups -OCH3 is 1. The van der Waals surface area contributed by atoms with Gasteiger partial charge in [0, 0.05) is 58.1 Å². The number of hydrogen-bond donors (Lipinski definition) is 1. The van der Waals surface area contributed by atoms with Gasteiger partial charge in [0.05, 0.1) is 13.7 Å². The lowest BCUT2D eigenvalue weighted by atomic mass is 10.2. The van der Waals surface area contributed by atoms with Crippen LogP contribution in [0.4, 0.5) is 5.69 Å². The van der Waals surface area contributed by atoms with Gasteiger partial charge in [-0.25, -0.2) is 0 Å². The van der Waals surface area contributed by atoms with Crippen molar-refractivity contribution in [2.45, 2.75) is 6.54 Å². The summed E-state index contributed by atoms with van der Waals surface area (Å²) in [7, 11) is 5.11. The summed E-state index contributed by atoms with van der Waals surface area (Å²) in [5, 5.41) is 2.92. The Morgan fingerprint density at radius 1 is 0.933 bits per heavy atom. The van der Waals surface area contributed by atoms with Gasteiger partial charge in [-0.3, -0.25) is 19.4 Å². The molecule has 2 amide bonds. The molecule has 0 radical (unpaired) electrons. The van der Waals surface area contributed by atoms with Crippen molar-refractivity contribution in [3.05, 3.63) is 59.7 Å². The molecular formula is C23H30N4O3. The lowest BCUT2D eigenvalue weighted by molar-refractivity contribution is -0.117. The average molecular weight is 411 g/mol. The van der Waals surface area contributed by atoms with Crippen molar-refractivity contribution in [3.63, 3.8) is 0 Å². The molecule has 160 valence electrons. The zero-order valence-corrected chi connectivity index (χ0v) is 17.9. The van der Waals surface area contributed by atoms with E-state index in [0.29, 0.717) is 17.8 Å². The number of nitrogens with zero attached hydrogens (tertiary/aromatic N) is 3. The number of rotatable bonds is 7. The van der Waals surface area contributed by atoms with Crippen molar-refractivity contribution in [3.8, 4) is 5.75 Å². The Hall–Kier alpha value is -2.90. The number of nitrogens with one attached hydrogen (secondary N) is 1. The molecule has 2 aromatic carbocycles. The Balaban J connectivity index is 1.42. The Kier molecular flexibility index (Phi) is 7.43. The third-order valence-electron chi connectivity index (χ3n) is 5.22. The van der Waals surface area contributed by atoms with Crippen molar-refractivity contribution in [1.29, 1.82) is 0 Å². The highest BCUT2D eigenvalue weighted by molar-refractivity contribution is 5.96. The van der Waals surface area contributed by atoms with Crippen LogP contribution < -0.4 is 10.1 Å². The molecule has 1 aliphatic rings. The average Bonchev–Trinajstić information content (AvgIpc) is 2.75. The minimum atomic E-state index is -0.0552. The highest BCUT2D eigenvalue weighted by Crippen LogP contribution is 2.15. The van der Waals surface area contributed by atoms with Crippen molar-refractivity contribution in [1.82, 2.24) is 14.7 Å². The van der Waals surface area contributed by atoms with E-state index < -0.39 is 0 Å². The summed E-state index contributed by atoms with van der Waals surface area (Å²) >= 11 is 0. The molecule has 1 saturated heterocycles. The number of ether oxygens (including phenoxy) is 1. The molecule has 0 aliphatic carbocycles. The van der Waals surface area contributed by atoms with E-state index in [1.165, 1.54) is 10.5 Å². The quantitative estimate of drug-likeness (QED) is 0.758. The molecule has 0 spiro atoms. The third-order valence-corrected chi connectivity index (χ3v) is 5.22. The molecule has 1 aliphatic heterocycles. The Morgan fingerprint density at radius 3 is 2.10 bits per heavy atom. The Morgan fingerprint density at radius 2 is 1.53 bits per heavy atom. The van der Waals surface area contributed by atoms with E-state index in [0.717, 1.165) is 38.5 Å². The van der Waals surface area contributed by atoms with E-state index >= 15 is 0 Å². The van der Waals surface area contributed by atoms with Crippen molar-refractivity contribution < 1.29 is 14.3 Å². The van der Waals surface area contributed by atoms with Gasteiger partial charge < -0.3 is 15.0 Å². The fourth-order valence-corrected chi connectivity index (χ4v) is 3.45. The van der Waals surface area contributed by atoms with Crippen LogP contribution in [0.5, 0.6) is 5.75 Å². The zero-order chi connectivity index (χ0) is 21.5. The maximum Gasteiger partial charge on any atom is 0.253 e. The second-order valence-corrected chi connectivity index (χ2v) is 7.73. The summed E-state index contributed by atoms with van der Waals surface area (Å²) in [5.41, 5.74) is 2.57. The molecular weight excluding hydrogens is 380 g/mol. The summed E-state index contributed by atoms with van der Waals surface area (Å²) in [4.78, 5) is 30.4. The predicted molar refractivity (Wildman–Crippen MR) is 118 cm³/mol. The lowest BCUT2D eigenvalue weighted by Gasteiger charge is -2.34. The molecule has 1 N–H and O–H groups in total. The Labute approximate surface area is 178 Å². The van der Waals surface area contributed by atoms with Crippen LogP contribution in [-0.4, -0.2) is 80.4 Å². The number of hydrogen-bond acceptors (Lipinski definition) is 5. The van der Waals surface area contributed by atoms with Gasteiger partial charge in [0.1, 0.15) is 5.75 Å². The summed E-state index contributed by atoms with van der Waals surface area (Å²) < 4.78 is 5.20. The maximum absolute atomic E-state index is 12.4. The van der Waals surface area contributed by atoms with Crippen molar-refractivity contribution >= 4 is 17.5 Å². The zero-order valence-electron chi connectivity index (χ0n) is 17.9. The molecule has 1 fully saturated rings. The predicted octanol–water partition coefficient (Wildman–Crippen LogP) is 2.15. The number of carbonyl (C=O) groups is 2. The van der Waals surface area contributed by atoms with Crippen LogP contribution >= 0.6 is 0 Å². The summed E-state index contributed by atoms with van der Waals surface area (Å²) in [6.45, 7) is 4.86. The normalized spacial score (nSPS) is 14.9. The molecule has 2 aromatic rings. The van der Waals surface area contributed by atoms with Crippen LogP contribution in [0.3, 0.4) is 0 Å². The van der Waals surface area contributed by atoms with E-state index in [9.17, 15) is 9.59 Å². The fraction of sp³-hybridized carbons (Fsp3) is 0.391. The van der Waals surface area contributed by atoms with Crippen LogP contribution in [0.2, 0.25) is 0 Å². The SMILES string of the molecule is COc1ccc(CN2CCN(CC(=O)Nc3ccc(C(=O)N(C)C)cc3)CC2)cc1. The number of benzene rings is 2. The first-order valence-electron chi connectivity index (χ1n) is 10.1.